The molecule has 4 rings (SSSR count). The maximum atomic E-state index is 6.13. The summed E-state index contributed by atoms with van der Waals surface area (Å²) in [6, 6.07) is 1.97. The van der Waals surface area contributed by atoms with Gasteiger partial charge in [0.25, 0.3) is 0 Å². The fourth-order valence-corrected chi connectivity index (χ4v) is 4.62. The number of aliphatic imine (C=N–C) groups is 1. The Hall–Kier alpha value is -1.83. The van der Waals surface area contributed by atoms with E-state index in [0.717, 1.165) is 54.1 Å². The van der Waals surface area contributed by atoms with Crippen LogP contribution in [0.1, 0.15) is 33.6 Å². The molecule has 6 nitrogen and oxygen atoms in total. The minimum atomic E-state index is 0.0233. The Labute approximate surface area is 174 Å². The first-order chi connectivity index (χ1) is 13.5. The largest absolute Gasteiger partial charge is 0.282 e. The fraction of sp³-hybridized carbons (Fsp3) is 0.500. The highest BCUT2D eigenvalue weighted by molar-refractivity contribution is 7.17. The molecule has 1 fully saturated rings. The lowest BCUT2D eigenvalue weighted by molar-refractivity contribution is 0.00132. The number of halogens is 1. The van der Waals surface area contributed by atoms with Crippen LogP contribution in [0.3, 0.4) is 0 Å². The minimum absolute atomic E-state index is 0.0233. The molecule has 1 saturated heterocycles. The van der Waals surface area contributed by atoms with E-state index in [2.05, 4.69) is 62.8 Å². The molecule has 4 heterocycles. The van der Waals surface area contributed by atoms with Crippen molar-refractivity contribution < 1.29 is 0 Å². The average Bonchev–Trinajstić information content (AvgIpc) is 3.32. The van der Waals surface area contributed by atoms with E-state index in [1.165, 1.54) is 0 Å². The van der Waals surface area contributed by atoms with Crippen molar-refractivity contribution in [3.05, 3.63) is 29.1 Å². The van der Waals surface area contributed by atoms with Gasteiger partial charge in [0, 0.05) is 31.1 Å². The van der Waals surface area contributed by atoms with E-state index >= 15 is 0 Å². The average molecular weight is 417 g/mol. The zero-order valence-electron chi connectivity index (χ0n) is 16.5. The van der Waals surface area contributed by atoms with Gasteiger partial charge in [0.1, 0.15) is 0 Å². The van der Waals surface area contributed by atoms with Crippen molar-refractivity contribution >= 4 is 39.4 Å². The van der Waals surface area contributed by atoms with E-state index < -0.39 is 0 Å². The van der Waals surface area contributed by atoms with Gasteiger partial charge in [-0.15, -0.1) is 11.3 Å². The van der Waals surface area contributed by atoms with E-state index in [9.17, 15) is 0 Å². The van der Waals surface area contributed by atoms with Crippen molar-refractivity contribution in [2.24, 2.45) is 10.9 Å². The highest BCUT2D eigenvalue weighted by atomic mass is 35.5. The quantitative estimate of drug-likeness (QED) is 0.413. The second-order valence-electron chi connectivity index (χ2n) is 7.57. The number of thiophene rings is 1. The molecule has 0 bridgehead atoms. The van der Waals surface area contributed by atoms with Crippen LogP contribution in [-0.4, -0.2) is 50.6 Å². The first-order valence-corrected chi connectivity index (χ1v) is 11.0. The summed E-state index contributed by atoms with van der Waals surface area (Å²) < 4.78 is 3.15. The first-order valence-electron chi connectivity index (χ1n) is 9.73. The van der Waals surface area contributed by atoms with Gasteiger partial charge in [-0.1, -0.05) is 20.8 Å². The van der Waals surface area contributed by atoms with E-state index in [4.69, 9.17) is 11.6 Å². The molecule has 0 N–H and O–H groups in total. The van der Waals surface area contributed by atoms with Crippen LogP contribution in [0.2, 0.25) is 5.28 Å². The summed E-state index contributed by atoms with van der Waals surface area (Å²) in [5.74, 6) is 0.541. The summed E-state index contributed by atoms with van der Waals surface area (Å²) in [6.45, 7) is 9.29. The Morgan fingerprint density at radius 2 is 2.18 bits per heavy atom. The second kappa shape index (κ2) is 7.89. The molecule has 28 heavy (non-hydrogen) atoms. The van der Waals surface area contributed by atoms with Crippen LogP contribution >= 0.6 is 22.9 Å². The summed E-state index contributed by atoms with van der Waals surface area (Å²) in [6.07, 6.45) is 8.21. The molecule has 3 aromatic heterocycles. The monoisotopic (exact) mass is 416 g/mol. The predicted molar refractivity (Wildman–Crippen MR) is 116 cm³/mol. The third kappa shape index (κ3) is 3.58. The lowest BCUT2D eigenvalue weighted by atomic mass is 9.87. The number of nitrogens with zero attached hydrogens (tertiary/aromatic N) is 6. The van der Waals surface area contributed by atoms with Crippen LogP contribution < -0.4 is 0 Å². The Morgan fingerprint density at radius 1 is 1.36 bits per heavy atom. The van der Waals surface area contributed by atoms with Gasteiger partial charge >= 0.3 is 0 Å². The summed E-state index contributed by atoms with van der Waals surface area (Å²) in [7, 11) is 0. The maximum Gasteiger partial charge on any atom is 0.223 e. The topological polar surface area (TPSA) is 59.2 Å². The first kappa shape index (κ1) is 19.5. The Morgan fingerprint density at radius 3 is 2.93 bits per heavy atom. The van der Waals surface area contributed by atoms with Crippen molar-refractivity contribution in [2.45, 2.75) is 39.2 Å². The van der Waals surface area contributed by atoms with Crippen molar-refractivity contribution in [3.8, 4) is 11.3 Å². The number of fused-ring (bicyclic) bond motifs is 1. The zero-order valence-corrected chi connectivity index (χ0v) is 18.0. The third-order valence-electron chi connectivity index (χ3n) is 5.60. The van der Waals surface area contributed by atoms with Gasteiger partial charge in [-0.25, -0.2) is 9.97 Å². The van der Waals surface area contributed by atoms with Gasteiger partial charge < -0.3 is 0 Å². The molecule has 8 heteroatoms. The van der Waals surface area contributed by atoms with Crippen molar-refractivity contribution in [1.82, 2.24) is 24.6 Å². The van der Waals surface area contributed by atoms with Crippen molar-refractivity contribution in [3.63, 3.8) is 0 Å². The highest BCUT2D eigenvalue weighted by Gasteiger charge is 2.43. The van der Waals surface area contributed by atoms with Crippen molar-refractivity contribution in [2.75, 3.05) is 19.8 Å². The molecule has 0 saturated carbocycles. The molecule has 3 aromatic rings. The van der Waals surface area contributed by atoms with Crippen molar-refractivity contribution in [1.29, 1.82) is 0 Å². The van der Waals surface area contributed by atoms with Gasteiger partial charge in [0.2, 0.25) is 5.28 Å². The van der Waals surface area contributed by atoms with Crippen LogP contribution in [0.4, 0.5) is 0 Å². The highest BCUT2D eigenvalue weighted by Crippen LogP contribution is 2.35. The maximum absolute atomic E-state index is 6.13. The molecule has 1 aliphatic rings. The van der Waals surface area contributed by atoms with Crippen LogP contribution in [0.5, 0.6) is 0 Å². The van der Waals surface area contributed by atoms with E-state index in [0.29, 0.717) is 5.92 Å². The predicted octanol–water partition coefficient (Wildman–Crippen LogP) is 4.70. The number of hydrogen-bond acceptors (Lipinski definition) is 6. The molecular weight excluding hydrogens is 392 g/mol. The third-order valence-corrected chi connectivity index (χ3v) is 6.68. The zero-order chi connectivity index (χ0) is 19.7. The molecule has 148 valence electrons. The molecule has 0 unspecified atom stereocenters. The molecule has 0 radical (unpaired) electrons. The van der Waals surface area contributed by atoms with E-state index in [1.54, 1.807) is 11.3 Å². The smallest absolute Gasteiger partial charge is 0.223 e. The molecule has 0 amide bonds. The normalized spacial score (nSPS) is 18.0. The van der Waals surface area contributed by atoms with Crippen LogP contribution in [0.15, 0.2) is 28.8 Å². The lowest BCUT2D eigenvalue weighted by Gasteiger charge is -2.49. The number of hydrogen-bond donors (Lipinski definition) is 0. The molecular formula is C20H25ClN6S. The van der Waals surface area contributed by atoms with E-state index in [1.807, 2.05) is 17.6 Å². The standard InChI is InChI=1S/C20H25ClN6S/c1-4-14(3)8-22-13-26-11-20(5-2,12-26)27-10-15(9-23-27)17-18-16(6-7-28-18)24-19(21)25-17/h6-10,14H,4-5,11-13H2,1-3H3/t14-/m0/s1. The van der Waals surface area contributed by atoms with Gasteiger partial charge in [0.15, 0.2) is 0 Å². The molecule has 1 atom stereocenters. The summed E-state index contributed by atoms with van der Waals surface area (Å²) in [5, 5.41) is 6.97. The van der Waals surface area contributed by atoms with Crippen LogP contribution in [-0.2, 0) is 5.54 Å². The second-order valence-corrected chi connectivity index (χ2v) is 8.83. The van der Waals surface area contributed by atoms with Crippen LogP contribution in [0, 0.1) is 5.92 Å². The van der Waals surface area contributed by atoms with Gasteiger partial charge in [0.05, 0.1) is 34.3 Å². The Balaban J connectivity index is 1.52. The molecule has 0 aliphatic carbocycles. The fourth-order valence-electron chi connectivity index (χ4n) is 3.60. The lowest BCUT2D eigenvalue weighted by Crippen LogP contribution is -2.62. The molecule has 0 aromatic carbocycles. The summed E-state index contributed by atoms with van der Waals surface area (Å²) in [4.78, 5) is 15.7. The molecule has 0 spiro atoms. The minimum Gasteiger partial charge on any atom is -0.282 e. The van der Waals surface area contributed by atoms with Crippen LogP contribution in [0.25, 0.3) is 21.5 Å². The van der Waals surface area contributed by atoms with E-state index in [-0.39, 0.29) is 10.8 Å². The number of aromatic nitrogens is 4. The number of rotatable bonds is 7. The molecule has 1 aliphatic heterocycles. The SMILES string of the molecule is CC[C@H](C)C=NCN1CC(CC)(n2cc(-c3nc(Cl)nc4ccsc34)cn2)C1. The Kier molecular flexibility index (Phi) is 5.49. The Bertz CT molecular complexity index is 988. The summed E-state index contributed by atoms with van der Waals surface area (Å²) in [5.41, 5.74) is 2.75. The summed E-state index contributed by atoms with van der Waals surface area (Å²) >= 11 is 7.76. The van der Waals surface area contributed by atoms with Gasteiger partial charge in [-0.3, -0.25) is 14.6 Å². The van der Waals surface area contributed by atoms with Gasteiger partial charge in [-0.05, 0) is 41.8 Å². The van der Waals surface area contributed by atoms with Gasteiger partial charge in [-0.2, -0.15) is 5.10 Å². The number of likely N-dealkylation sites (tertiary alicyclic amines) is 1.